The summed E-state index contributed by atoms with van der Waals surface area (Å²) in [6, 6.07) is 11.0. The van der Waals surface area contributed by atoms with Gasteiger partial charge in [-0.3, -0.25) is 5.32 Å². The van der Waals surface area contributed by atoms with E-state index >= 15 is 0 Å². The van der Waals surface area contributed by atoms with E-state index in [0.717, 1.165) is 12.1 Å². The Bertz CT molecular complexity index is 1360. The van der Waals surface area contributed by atoms with Crippen molar-refractivity contribution in [2.75, 3.05) is 16.4 Å². The molecule has 0 fully saturated rings. The summed E-state index contributed by atoms with van der Waals surface area (Å²) in [5.41, 5.74) is 7.18. The third kappa shape index (κ3) is 3.99. The Morgan fingerprint density at radius 2 is 1.88 bits per heavy atom. The topological polar surface area (TPSA) is 134 Å². The van der Waals surface area contributed by atoms with E-state index in [-0.39, 0.29) is 11.6 Å². The highest BCUT2D eigenvalue weighted by molar-refractivity contribution is 5.99. The molecular weight excluding hydrogens is 425 g/mol. The zero-order chi connectivity index (χ0) is 22.9. The third-order valence-electron chi connectivity index (χ3n) is 4.44. The molecule has 0 aliphatic rings. The number of halogens is 3. The standard InChI is InChI=1S/C20H13F3N8O/c21-20(22,23)14-2-1-3-15(29-14)30-19(32)28-13-6-4-11(5-7-13)16-12(8-24)9-31-17(16)18(25)26-10-27-31/h1-7,9-10H,(H2,25,26,27)(H2,28,29,30,32). The molecule has 4 rings (SSSR count). The average molecular weight is 438 g/mol. The van der Waals surface area contributed by atoms with E-state index in [1.54, 1.807) is 24.3 Å². The molecule has 32 heavy (non-hydrogen) atoms. The van der Waals surface area contributed by atoms with E-state index in [9.17, 15) is 23.2 Å². The molecule has 160 valence electrons. The predicted molar refractivity (Wildman–Crippen MR) is 109 cm³/mol. The van der Waals surface area contributed by atoms with Crippen LogP contribution >= 0.6 is 0 Å². The number of benzene rings is 1. The van der Waals surface area contributed by atoms with Gasteiger partial charge in [0.2, 0.25) is 0 Å². The number of fused-ring (bicyclic) bond motifs is 1. The molecule has 4 N–H and O–H groups in total. The second kappa shape index (κ2) is 7.88. The van der Waals surface area contributed by atoms with Gasteiger partial charge in [0.15, 0.2) is 5.82 Å². The van der Waals surface area contributed by atoms with Gasteiger partial charge in [-0.2, -0.15) is 23.5 Å². The first-order valence-electron chi connectivity index (χ1n) is 9.01. The number of hydrogen-bond donors (Lipinski definition) is 3. The summed E-state index contributed by atoms with van der Waals surface area (Å²) < 4.78 is 39.7. The van der Waals surface area contributed by atoms with E-state index in [1.807, 2.05) is 0 Å². The van der Waals surface area contributed by atoms with Crippen molar-refractivity contribution in [1.29, 1.82) is 5.26 Å². The summed E-state index contributed by atoms with van der Waals surface area (Å²) in [5, 5.41) is 18.3. The van der Waals surface area contributed by atoms with Crippen LogP contribution in [0.3, 0.4) is 0 Å². The van der Waals surface area contributed by atoms with Crippen LogP contribution in [0.5, 0.6) is 0 Å². The van der Waals surface area contributed by atoms with Gasteiger partial charge in [0.25, 0.3) is 0 Å². The Kier molecular flexibility index (Phi) is 5.07. The van der Waals surface area contributed by atoms with Gasteiger partial charge in [-0.15, -0.1) is 0 Å². The second-order valence-corrected chi connectivity index (χ2v) is 6.53. The Morgan fingerprint density at radius 3 is 2.56 bits per heavy atom. The number of alkyl halides is 3. The minimum absolute atomic E-state index is 0.201. The van der Waals surface area contributed by atoms with Crippen LogP contribution in [0.2, 0.25) is 0 Å². The van der Waals surface area contributed by atoms with Crippen LogP contribution in [0.1, 0.15) is 11.3 Å². The van der Waals surface area contributed by atoms with E-state index in [0.29, 0.717) is 27.9 Å². The number of carbonyl (C=O) groups excluding carboxylic acids is 1. The first-order valence-corrected chi connectivity index (χ1v) is 9.01. The lowest BCUT2D eigenvalue weighted by Gasteiger charge is -2.10. The highest BCUT2D eigenvalue weighted by Gasteiger charge is 2.32. The number of rotatable bonds is 3. The number of nitrogen functional groups attached to an aromatic ring is 1. The van der Waals surface area contributed by atoms with E-state index in [4.69, 9.17) is 5.73 Å². The smallest absolute Gasteiger partial charge is 0.382 e. The number of aromatic nitrogens is 4. The van der Waals surface area contributed by atoms with Crippen molar-refractivity contribution in [1.82, 2.24) is 19.6 Å². The van der Waals surface area contributed by atoms with Crippen LogP contribution in [0.4, 0.5) is 35.3 Å². The highest BCUT2D eigenvalue weighted by atomic mass is 19.4. The maximum Gasteiger partial charge on any atom is 0.433 e. The van der Waals surface area contributed by atoms with Crippen molar-refractivity contribution in [2.45, 2.75) is 6.18 Å². The van der Waals surface area contributed by atoms with Crippen LogP contribution in [0.25, 0.3) is 16.6 Å². The lowest BCUT2D eigenvalue weighted by Crippen LogP contribution is -2.21. The number of anilines is 3. The van der Waals surface area contributed by atoms with Crippen molar-refractivity contribution >= 4 is 28.9 Å². The molecule has 1 aromatic carbocycles. The summed E-state index contributed by atoms with van der Waals surface area (Å²) in [4.78, 5) is 19.5. The molecule has 0 radical (unpaired) electrons. The van der Waals surface area contributed by atoms with Crippen LogP contribution in [-0.2, 0) is 6.18 Å². The molecule has 2 amide bonds. The first kappa shape index (κ1) is 20.6. The molecule has 0 aliphatic heterocycles. The highest BCUT2D eigenvalue weighted by Crippen LogP contribution is 2.32. The van der Waals surface area contributed by atoms with Crippen LogP contribution in [0, 0.1) is 11.3 Å². The molecular formula is C20H13F3N8O. The number of nitriles is 1. The fourth-order valence-corrected chi connectivity index (χ4v) is 3.07. The maximum atomic E-state index is 12.8. The quantitative estimate of drug-likeness (QED) is 0.444. The monoisotopic (exact) mass is 438 g/mol. The van der Waals surface area contributed by atoms with Crippen molar-refractivity contribution in [3.8, 4) is 17.2 Å². The largest absolute Gasteiger partial charge is 0.433 e. The SMILES string of the molecule is N#Cc1cn2ncnc(N)c2c1-c1ccc(NC(=O)Nc2cccc(C(F)(F)F)n2)cc1. The fourth-order valence-electron chi connectivity index (χ4n) is 3.07. The van der Waals surface area contributed by atoms with E-state index in [1.165, 1.54) is 23.1 Å². The number of nitrogens with two attached hydrogens (primary N) is 1. The van der Waals surface area contributed by atoms with Gasteiger partial charge in [-0.05, 0) is 29.8 Å². The lowest BCUT2D eigenvalue weighted by atomic mass is 10.0. The van der Waals surface area contributed by atoms with Gasteiger partial charge in [-0.1, -0.05) is 18.2 Å². The molecule has 0 atom stereocenters. The minimum Gasteiger partial charge on any atom is -0.382 e. The first-order chi connectivity index (χ1) is 15.3. The van der Waals surface area contributed by atoms with Crippen LogP contribution in [0.15, 0.2) is 55.0 Å². The lowest BCUT2D eigenvalue weighted by molar-refractivity contribution is -0.141. The van der Waals surface area contributed by atoms with Gasteiger partial charge < -0.3 is 11.1 Å². The molecule has 0 aliphatic carbocycles. The van der Waals surface area contributed by atoms with E-state index in [2.05, 4.69) is 31.8 Å². The summed E-state index contributed by atoms with van der Waals surface area (Å²) in [6.45, 7) is 0. The van der Waals surface area contributed by atoms with Gasteiger partial charge in [0, 0.05) is 17.4 Å². The number of nitrogens with zero attached hydrogens (tertiary/aromatic N) is 5. The van der Waals surface area contributed by atoms with Crippen molar-refractivity contribution in [3.63, 3.8) is 0 Å². The molecule has 0 saturated heterocycles. The summed E-state index contributed by atoms with van der Waals surface area (Å²) >= 11 is 0. The molecule has 0 saturated carbocycles. The molecule has 4 aromatic rings. The van der Waals surface area contributed by atoms with E-state index < -0.39 is 17.9 Å². The number of hydrogen-bond acceptors (Lipinski definition) is 6. The van der Waals surface area contributed by atoms with Gasteiger partial charge in [0.05, 0.1) is 5.56 Å². The molecule has 12 heteroatoms. The van der Waals surface area contributed by atoms with Crippen LogP contribution in [-0.4, -0.2) is 25.6 Å². The number of amides is 2. The van der Waals surface area contributed by atoms with Crippen molar-refractivity contribution in [2.24, 2.45) is 0 Å². The van der Waals surface area contributed by atoms with Crippen molar-refractivity contribution in [3.05, 3.63) is 66.2 Å². The third-order valence-corrected chi connectivity index (χ3v) is 4.44. The number of carbonyl (C=O) groups is 1. The average Bonchev–Trinajstić information content (AvgIpc) is 3.14. The minimum atomic E-state index is -4.62. The second-order valence-electron chi connectivity index (χ2n) is 6.53. The molecule has 9 nitrogen and oxygen atoms in total. The number of urea groups is 1. The fraction of sp³-hybridized carbons (Fsp3) is 0.0500. The molecule has 3 aromatic heterocycles. The number of pyridine rings is 1. The summed E-state index contributed by atoms with van der Waals surface area (Å²) in [7, 11) is 0. The van der Waals surface area contributed by atoms with Gasteiger partial charge >= 0.3 is 12.2 Å². The zero-order valence-corrected chi connectivity index (χ0v) is 16.1. The normalized spacial score (nSPS) is 11.2. The predicted octanol–water partition coefficient (Wildman–Crippen LogP) is 3.91. The molecule has 0 unspecified atom stereocenters. The Balaban J connectivity index is 1.54. The van der Waals surface area contributed by atoms with Gasteiger partial charge in [-0.25, -0.2) is 19.3 Å². The Labute approximate surface area is 178 Å². The Hall–Kier alpha value is -4.66. The summed E-state index contributed by atoms with van der Waals surface area (Å²) in [5.74, 6) is -0.0463. The Morgan fingerprint density at radius 1 is 1.12 bits per heavy atom. The number of nitrogens with one attached hydrogen (secondary N) is 2. The molecule has 3 heterocycles. The summed E-state index contributed by atoms with van der Waals surface area (Å²) in [6.07, 6.45) is -1.81. The van der Waals surface area contributed by atoms with Crippen molar-refractivity contribution < 1.29 is 18.0 Å². The van der Waals surface area contributed by atoms with Gasteiger partial charge in [0.1, 0.15) is 29.4 Å². The molecule has 0 spiro atoms. The van der Waals surface area contributed by atoms with Crippen LogP contribution < -0.4 is 16.4 Å². The zero-order valence-electron chi connectivity index (χ0n) is 16.1. The molecule has 0 bridgehead atoms. The maximum absolute atomic E-state index is 12.8.